The van der Waals surface area contributed by atoms with E-state index in [0.717, 1.165) is 52.4 Å². The zero-order chi connectivity index (χ0) is 18.7. The molecular weight excluding hydrogens is 338 g/mol. The number of rotatable bonds is 8. The van der Waals surface area contributed by atoms with E-state index in [1.807, 2.05) is 0 Å². The molecule has 27 heavy (non-hydrogen) atoms. The van der Waals surface area contributed by atoms with E-state index in [2.05, 4.69) is 45.4 Å². The number of nitrogens with one attached hydrogen (secondary N) is 1. The molecule has 0 bridgehead atoms. The van der Waals surface area contributed by atoms with Gasteiger partial charge in [-0.25, -0.2) is 0 Å². The molecule has 2 aliphatic heterocycles. The monoisotopic (exact) mass is 373 g/mol. The SMILES string of the molecule is O=C(CCCN1CCOCC1)NC[C@H](c1ccccc1)N1CCCCCC1. The van der Waals surface area contributed by atoms with Crippen LogP contribution in [0.2, 0.25) is 0 Å². The van der Waals surface area contributed by atoms with Gasteiger partial charge in [-0.2, -0.15) is 0 Å². The highest BCUT2D eigenvalue weighted by molar-refractivity contribution is 5.75. The lowest BCUT2D eigenvalue weighted by Crippen LogP contribution is -2.39. The minimum atomic E-state index is 0.180. The van der Waals surface area contributed by atoms with Crippen molar-refractivity contribution in [2.75, 3.05) is 52.5 Å². The third-order valence-electron chi connectivity index (χ3n) is 5.74. The van der Waals surface area contributed by atoms with Gasteiger partial charge in [0.25, 0.3) is 0 Å². The normalized spacial score (nSPS) is 20.7. The Labute approximate surface area is 164 Å². The Kier molecular flexibility index (Phi) is 8.59. The average Bonchev–Trinajstić information content (AvgIpc) is 2.99. The van der Waals surface area contributed by atoms with E-state index in [0.29, 0.717) is 13.0 Å². The van der Waals surface area contributed by atoms with Crippen LogP contribution in [0.3, 0.4) is 0 Å². The summed E-state index contributed by atoms with van der Waals surface area (Å²) in [6.07, 6.45) is 6.70. The number of ether oxygens (including phenoxy) is 1. The number of amides is 1. The number of hydrogen-bond donors (Lipinski definition) is 1. The highest BCUT2D eigenvalue weighted by atomic mass is 16.5. The van der Waals surface area contributed by atoms with Crippen molar-refractivity contribution in [3.8, 4) is 0 Å². The zero-order valence-electron chi connectivity index (χ0n) is 16.6. The van der Waals surface area contributed by atoms with Crippen LogP contribution in [0.4, 0.5) is 0 Å². The Bertz CT molecular complexity index is 538. The van der Waals surface area contributed by atoms with Gasteiger partial charge in [-0.3, -0.25) is 14.6 Å². The largest absolute Gasteiger partial charge is 0.379 e. The lowest BCUT2D eigenvalue weighted by atomic mass is 10.0. The molecule has 2 saturated heterocycles. The van der Waals surface area contributed by atoms with Crippen molar-refractivity contribution in [1.82, 2.24) is 15.1 Å². The molecule has 1 aromatic carbocycles. The molecule has 0 spiro atoms. The second-order valence-electron chi connectivity index (χ2n) is 7.74. The summed E-state index contributed by atoms with van der Waals surface area (Å²) in [5, 5.41) is 3.21. The first kappa shape index (κ1) is 20.3. The van der Waals surface area contributed by atoms with Crippen molar-refractivity contribution in [1.29, 1.82) is 0 Å². The second kappa shape index (κ2) is 11.4. The predicted octanol–water partition coefficient (Wildman–Crippen LogP) is 2.83. The molecule has 2 fully saturated rings. The summed E-state index contributed by atoms with van der Waals surface area (Å²) in [6, 6.07) is 10.9. The van der Waals surface area contributed by atoms with E-state index in [1.165, 1.54) is 31.2 Å². The van der Waals surface area contributed by atoms with Crippen molar-refractivity contribution in [2.45, 2.75) is 44.6 Å². The summed E-state index contributed by atoms with van der Waals surface area (Å²) in [5.74, 6) is 0.180. The van der Waals surface area contributed by atoms with Crippen molar-refractivity contribution >= 4 is 5.91 Å². The molecule has 5 heteroatoms. The summed E-state index contributed by atoms with van der Waals surface area (Å²) in [5.41, 5.74) is 1.31. The van der Waals surface area contributed by atoms with Crippen LogP contribution in [-0.4, -0.2) is 68.2 Å². The maximum absolute atomic E-state index is 12.4. The fourth-order valence-electron chi connectivity index (χ4n) is 4.13. The van der Waals surface area contributed by atoms with Gasteiger partial charge in [0, 0.05) is 26.1 Å². The molecule has 0 saturated carbocycles. The van der Waals surface area contributed by atoms with E-state index in [9.17, 15) is 4.79 Å². The van der Waals surface area contributed by atoms with Gasteiger partial charge in [0.1, 0.15) is 0 Å². The quantitative estimate of drug-likeness (QED) is 0.761. The standard InChI is InChI=1S/C22H35N3O2/c26-22(11-8-12-24-15-17-27-18-16-24)23-19-21(20-9-4-3-5-10-20)25-13-6-1-2-7-14-25/h3-5,9-10,21H,1-2,6-8,11-19H2,(H,23,26)/t21-/m1/s1. The number of carbonyl (C=O) groups is 1. The minimum absolute atomic E-state index is 0.180. The van der Waals surface area contributed by atoms with Crippen LogP contribution >= 0.6 is 0 Å². The highest BCUT2D eigenvalue weighted by Gasteiger charge is 2.22. The van der Waals surface area contributed by atoms with Gasteiger partial charge in [-0.05, 0) is 44.5 Å². The van der Waals surface area contributed by atoms with E-state index >= 15 is 0 Å². The van der Waals surface area contributed by atoms with Crippen molar-refractivity contribution in [3.63, 3.8) is 0 Å². The summed E-state index contributed by atoms with van der Waals surface area (Å²) >= 11 is 0. The van der Waals surface area contributed by atoms with E-state index in [4.69, 9.17) is 4.74 Å². The molecule has 2 heterocycles. The van der Waals surface area contributed by atoms with Crippen LogP contribution in [-0.2, 0) is 9.53 Å². The molecule has 150 valence electrons. The van der Waals surface area contributed by atoms with Gasteiger partial charge in [0.05, 0.1) is 19.3 Å². The Morgan fingerprint density at radius 3 is 2.41 bits per heavy atom. The Balaban J connectivity index is 1.47. The third kappa shape index (κ3) is 6.91. The minimum Gasteiger partial charge on any atom is -0.379 e. The number of benzene rings is 1. The van der Waals surface area contributed by atoms with Gasteiger partial charge in [0.2, 0.25) is 5.91 Å². The maximum atomic E-state index is 12.4. The molecule has 0 unspecified atom stereocenters. The molecule has 1 atom stereocenters. The fourth-order valence-corrected chi connectivity index (χ4v) is 4.13. The lowest BCUT2D eigenvalue weighted by molar-refractivity contribution is -0.121. The molecule has 1 N–H and O–H groups in total. The lowest BCUT2D eigenvalue weighted by Gasteiger charge is -2.31. The van der Waals surface area contributed by atoms with Crippen molar-refractivity contribution in [3.05, 3.63) is 35.9 Å². The molecule has 0 radical (unpaired) electrons. The summed E-state index contributed by atoms with van der Waals surface area (Å²) < 4.78 is 5.37. The average molecular weight is 374 g/mol. The predicted molar refractivity (Wildman–Crippen MR) is 109 cm³/mol. The van der Waals surface area contributed by atoms with Crippen molar-refractivity contribution < 1.29 is 9.53 Å². The van der Waals surface area contributed by atoms with E-state index in [-0.39, 0.29) is 11.9 Å². The number of hydrogen-bond acceptors (Lipinski definition) is 4. The number of morpholine rings is 1. The van der Waals surface area contributed by atoms with Crippen LogP contribution in [0.1, 0.15) is 50.1 Å². The molecule has 0 aromatic heterocycles. The van der Waals surface area contributed by atoms with Gasteiger partial charge in [-0.15, -0.1) is 0 Å². The van der Waals surface area contributed by atoms with E-state index in [1.54, 1.807) is 0 Å². The van der Waals surface area contributed by atoms with Crippen LogP contribution in [0.5, 0.6) is 0 Å². The fraction of sp³-hybridized carbons (Fsp3) is 0.682. The van der Waals surface area contributed by atoms with Gasteiger partial charge >= 0.3 is 0 Å². The molecule has 2 aliphatic rings. The summed E-state index contributed by atoms with van der Waals surface area (Å²) in [7, 11) is 0. The van der Waals surface area contributed by atoms with Crippen LogP contribution in [0, 0.1) is 0 Å². The Morgan fingerprint density at radius 1 is 1.00 bits per heavy atom. The summed E-state index contributed by atoms with van der Waals surface area (Å²) in [6.45, 7) is 7.59. The Hall–Kier alpha value is -1.43. The highest BCUT2D eigenvalue weighted by Crippen LogP contribution is 2.23. The maximum Gasteiger partial charge on any atom is 0.220 e. The molecular formula is C22H35N3O2. The smallest absolute Gasteiger partial charge is 0.220 e. The molecule has 3 rings (SSSR count). The van der Waals surface area contributed by atoms with Crippen LogP contribution in [0.15, 0.2) is 30.3 Å². The molecule has 1 aromatic rings. The summed E-state index contributed by atoms with van der Waals surface area (Å²) in [4.78, 5) is 17.4. The van der Waals surface area contributed by atoms with E-state index < -0.39 is 0 Å². The Morgan fingerprint density at radius 2 is 1.70 bits per heavy atom. The van der Waals surface area contributed by atoms with Crippen molar-refractivity contribution in [2.24, 2.45) is 0 Å². The first-order chi connectivity index (χ1) is 13.3. The number of carbonyl (C=O) groups excluding carboxylic acids is 1. The first-order valence-corrected chi connectivity index (χ1v) is 10.7. The topological polar surface area (TPSA) is 44.8 Å². The van der Waals surface area contributed by atoms with Gasteiger partial charge in [0.15, 0.2) is 0 Å². The second-order valence-corrected chi connectivity index (χ2v) is 7.74. The molecule has 5 nitrogen and oxygen atoms in total. The first-order valence-electron chi connectivity index (χ1n) is 10.7. The number of likely N-dealkylation sites (tertiary alicyclic amines) is 1. The van der Waals surface area contributed by atoms with Gasteiger partial charge in [-0.1, -0.05) is 43.2 Å². The van der Waals surface area contributed by atoms with Gasteiger partial charge < -0.3 is 10.1 Å². The molecule has 0 aliphatic carbocycles. The van der Waals surface area contributed by atoms with Crippen LogP contribution < -0.4 is 5.32 Å². The zero-order valence-corrected chi connectivity index (χ0v) is 16.6. The van der Waals surface area contributed by atoms with Crippen LogP contribution in [0.25, 0.3) is 0 Å². The third-order valence-corrected chi connectivity index (χ3v) is 5.74. The molecule has 1 amide bonds. The number of nitrogens with zero attached hydrogens (tertiary/aromatic N) is 2.